The van der Waals surface area contributed by atoms with E-state index in [1.54, 1.807) is 18.7 Å². The first-order valence-electron chi connectivity index (χ1n) is 5.66. The largest absolute Gasteiger partial charge is 0.392 e. The third kappa shape index (κ3) is 6.34. The summed E-state index contributed by atoms with van der Waals surface area (Å²) in [5.41, 5.74) is 2.47. The van der Waals surface area contributed by atoms with Gasteiger partial charge in [0.25, 0.3) is 0 Å². The first-order chi connectivity index (χ1) is 8.08. The Kier molecular flexibility index (Phi) is 6.08. The molecule has 1 atom stereocenters. The first-order valence-corrected chi connectivity index (χ1v) is 6.81. The van der Waals surface area contributed by atoms with Crippen LogP contribution in [-0.4, -0.2) is 29.4 Å². The first kappa shape index (κ1) is 14.1. The molecule has 1 aromatic rings. The van der Waals surface area contributed by atoms with Gasteiger partial charge in [-0.05, 0) is 19.4 Å². The van der Waals surface area contributed by atoms with Crippen molar-refractivity contribution >= 4 is 17.7 Å². The minimum absolute atomic E-state index is 0.0245. The third-order valence-corrected chi connectivity index (χ3v) is 3.18. The molecule has 1 rings (SSSR count). The molecule has 0 saturated carbocycles. The van der Waals surface area contributed by atoms with E-state index in [-0.39, 0.29) is 5.91 Å². The molecule has 94 valence electrons. The van der Waals surface area contributed by atoms with Gasteiger partial charge in [0.05, 0.1) is 11.9 Å². The summed E-state index contributed by atoms with van der Waals surface area (Å²) in [6.07, 6.45) is -0.485. The van der Waals surface area contributed by atoms with E-state index in [2.05, 4.69) is 30.4 Å². The molecule has 4 heteroatoms. The SMILES string of the molecule is Cc1cccc(CSCC(=O)NC[C@@H](C)O)c1. The number of nitrogens with one attached hydrogen (secondary N) is 1. The summed E-state index contributed by atoms with van der Waals surface area (Å²) in [5.74, 6) is 1.24. The molecule has 17 heavy (non-hydrogen) atoms. The van der Waals surface area contributed by atoms with Gasteiger partial charge >= 0.3 is 0 Å². The molecule has 0 bridgehead atoms. The zero-order chi connectivity index (χ0) is 12.7. The molecular formula is C13H19NO2S. The number of thioether (sulfide) groups is 1. The molecule has 0 unspecified atom stereocenters. The molecule has 0 spiro atoms. The van der Waals surface area contributed by atoms with E-state index in [0.29, 0.717) is 12.3 Å². The van der Waals surface area contributed by atoms with Crippen molar-refractivity contribution in [2.45, 2.75) is 25.7 Å². The van der Waals surface area contributed by atoms with Crippen LogP contribution in [0.3, 0.4) is 0 Å². The van der Waals surface area contributed by atoms with Crippen LogP contribution in [0.4, 0.5) is 0 Å². The lowest BCUT2D eigenvalue weighted by molar-refractivity contribution is -0.118. The summed E-state index contributed by atoms with van der Waals surface area (Å²) in [5, 5.41) is 11.7. The zero-order valence-electron chi connectivity index (χ0n) is 10.3. The topological polar surface area (TPSA) is 49.3 Å². The van der Waals surface area contributed by atoms with Gasteiger partial charge < -0.3 is 10.4 Å². The number of aliphatic hydroxyl groups is 1. The van der Waals surface area contributed by atoms with Crippen molar-refractivity contribution in [1.82, 2.24) is 5.32 Å². The molecule has 0 aromatic heterocycles. The molecule has 1 aromatic carbocycles. The molecule has 0 radical (unpaired) electrons. The summed E-state index contributed by atoms with van der Waals surface area (Å²) in [4.78, 5) is 11.4. The standard InChI is InChI=1S/C13H19NO2S/c1-10-4-3-5-12(6-10)8-17-9-13(16)14-7-11(2)15/h3-6,11,15H,7-9H2,1-2H3,(H,14,16)/t11-/m1/s1. The van der Waals surface area contributed by atoms with E-state index in [9.17, 15) is 4.79 Å². The van der Waals surface area contributed by atoms with Crippen LogP contribution in [0.1, 0.15) is 18.1 Å². The van der Waals surface area contributed by atoms with Crippen LogP contribution in [0, 0.1) is 6.92 Å². The Morgan fingerprint density at radius 3 is 2.94 bits per heavy atom. The smallest absolute Gasteiger partial charge is 0.230 e. The monoisotopic (exact) mass is 253 g/mol. The van der Waals surface area contributed by atoms with Gasteiger partial charge in [-0.25, -0.2) is 0 Å². The van der Waals surface area contributed by atoms with Crippen molar-refractivity contribution < 1.29 is 9.90 Å². The molecule has 1 amide bonds. The van der Waals surface area contributed by atoms with Crippen molar-refractivity contribution in [3.63, 3.8) is 0 Å². The van der Waals surface area contributed by atoms with Gasteiger partial charge in [-0.15, -0.1) is 11.8 Å². The Bertz CT molecular complexity index is 366. The minimum Gasteiger partial charge on any atom is -0.392 e. The molecule has 3 nitrogen and oxygen atoms in total. The Labute approximate surface area is 107 Å². The highest BCUT2D eigenvalue weighted by atomic mass is 32.2. The van der Waals surface area contributed by atoms with E-state index in [1.165, 1.54) is 11.1 Å². The number of hydrogen-bond donors (Lipinski definition) is 2. The van der Waals surface area contributed by atoms with E-state index < -0.39 is 6.10 Å². The van der Waals surface area contributed by atoms with Crippen molar-refractivity contribution in [1.29, 1.82) is 0 Å². The van der Waals surface area contributed by atoms with Crippen LogP contribution in [0.2, 0.25) is 0 Å². The van der Waals surface area contributed by atoms with Crippen molar-refractivity contribution in [2.75, 3.05) is 12.3 Å². The van der Waals surface area contributed by atoms with Crippen molar-refractivity contribution in [3.8, 4) is 0 Å². The van der Waals surface area contributed by atoms with Gasteiger partial charge in [-0.2, -0.15) is 0 Å². The second kappa shape index (κ2) is 7.35. The number of benzene rings is 1. The number of aryl methyl sites for hydroxylation is 1. The third-order valence-electron chi connectivity index (χ3n) is 2.18. The number of carbonyl (C=O) groups is 1. The van der Waals surface area contributed by atoms with Gasteiger partial charge in [0.15, 0.2) is 0 Å². The normalized spacial score (nSPS) is 12.2. The maximum absolute atomic E-state index is 11.4. The lowest BCUT2D eigenvalue weighted by Gasteiger charge is -2.07. The summed E-state index contributed by atoms with van der Waals surface area (Å²) >= 11 is 1.58. The molecular weight excluding hydrogens is 234 g/mol. The molecule has 2 N–H and O–H groups in total. The maximum atomic E-state index is 11.4. The summed E-state index contributed by atoms with van der Waals surface area (Å²) in [7, 11) is 0. The summed E-state index contributed by atoms with van der Waals surface area (Å²) in [6.45, 7) is 4.04. The molecule has 0 aliphatic carbocycles. The van der Waals surface area contributed by atoms with Gasteiger partial charge in [0.2, 0.25) is 5.91 Å². The molecule has 0 aliphatic heterocycles. The zero-order valence-corrected chi connectivity index (χ0v) is 11.1. The number of aliphatic hydroxyl groups excluding tert-OH is 1. The highest BCUT2D eigenvalue weighted by Crippen LogP contribution is 2.13. The van der Waals surface area contributed by atoms with Gasteiger partial charge in [-0.1, -0.05) is 29.8 Å². The van der Waals surface area contributed by atoms with Gasteiger partial charge in [0.1, 0.15) is 0 Å². The predicted octanol–water partition coefficient (Wildman–Crippen LogP) is 1.73. The number of rotatable bonds is 6. The summed E-state index contributed by atoms with van der Waals surface area (Å²) in [6, 6.07) is 8.27. The second-order valence-electron chi connectivity index (χ2n) is 4.13. The fourth-order valence-corrected chi connectivity index (χ4v) is 2.18. The number of hydrogen-bond acceptors (Lipinski definition) is 3. The Morgan fingerprint density at radius 2 is 2.29 bits per heavy atom. The van der Waals surface area contributed by atoms with Crippen LogP contribution in [0.25, 0.3) is 0 Å². The molecule has 0 aliphatic rings. The Hall–Kier alpha value is -1.00. The average molecular weight is 253 g/mol. The van der Waals surface area contributed by atoms with Crippen LogP contribution in [0.15, 0.2) is 24.3 Å². The van der Waals surface area contributed by atoms with Crippen LogP contribution < -0.4 is 5.32 Å². The second-order valence-corrected chi connectivity index (χ2v) is 5.12. The molecule has 0 saturated heterocycles. The fraction of sp³-hybridized carbons (Fsp3) is 0.462. The van der Waals surface area contributed by atoms with E-state index in [0.717, 1.165) is 5.75 Å². The van der Waals surface area contributed by atoms with E-state index in [4.69, 9.17) is 5.11 Å². The number of carbonyl (C=O) groups excluding carboxylic acids is 1. The Morgan fingerprint density at radius 1 is 1.53 bits per heavy atom. The highest BCUT2D eigenvalue weighted by Gasteiger charge is 2.03. The average Bonchev–Trinajstić information content (AvgIpc) is 2.26. The lowest BCUT2D eigenvalue weighted by Crippen LogP contribution is -2.31. The maximum Gasteiger partial charge on any atom is 0.230 e. The quantitative estimate of drug-likeness (QED) is 0.811. The van der Waals surface area contributed by atoms with E-state index >= 15 is 0 Å². The van der Waals surface area contributed by atoms with Crippen molar-refractivity contribution in [3.05, 3.63) is 35.4 Å². The highest BCUT2D eigenvalue weighted by molar-refractivity contribution is 7.99. The summed E-state index contributed by atoms with van der Waals surface area (Å²) < 4.78 is 0. The predicted molar refractivity (Wildman–Crippen MR) is 72.0 cm³/mol. The molecule has 0 fully saturated rings. The molecule has 0 heterocycles. The van der Waals surface area contributed by atoms with E-state index in [1.807, 2.05) is 6.07 Å². The van der Waals surface area contributed by atoms with Crippen LogP contribution >= 0.6 is 11.8 Å². The van der Waals surface area contributed by atoms with Gasteiger partial charge in [-0.3, -0.25) is 4.79 Å². The van der Waals surface area contributed by atoms with Crippen LogP contribution in [-0.2, 0) is 10.5 Å². The minimum atomic E-state index is -0.485. The lowest BCUT2D eigenvalue weighted by atomic mass is 10.2. The fourth-order valence-electron chi connectivity index (χ4n) is 1.38. The van der Waals surface area contributed by atoms with Gasteiger partial charge in [0, 0.05) is 12.3 Å². The van der Waals surface area contributed by atoms with Crippen LogP contribution in [0.5, 0.6) is 0 Å². The van der Waals surface area contributed by atoms with Crippen molar-refractivity contribution in [2.24, 2.45) is 0 Å². The number of amides is 1. The Balaban J connectivity index is 2.21.